The number of carboxylic acids is 1. The highest BCUT2D eigenvalue weighted by molar-refractivity contribution is 6.06. The largest absolute Gasteiger partial charge is 0.478 e. The van der Waals surface area contributed by atoms with E-state index in [1.807, 2.05) is 48.5 Å². The summed E-state index contributed by atoms with van der Waals surface area (Å²) in [4.78, 5) is 41.5. The van der Waals surface area contributed by atoms with Crippen LogP contribution in [0.4, 0.5) is 0 Å². The van der Waals surface area contributed by atoms with Crippen molar-refractivity contribution in [2.24, 2.45) is 5.73 Å². The van der Waals surface area contributed by atoms with Gasteiger partial charge in [-0.2, -0.15) is 0 Å². The van der Waals surface area contributed by atoms with Crippen LogP contribution in [0.5, 0.6) is 0 Å². The number of benzene rings is 3. The minimum absolute atomic E-state index is 0.0250. The average molecular weight is 512 g/mol. The van der Waals surface area contributed by atoms with Crippen LogP contribution >= 0.6 is 0 Å². The lowest BCUT2D eigenvalue weighted by molar-refractivity contribution is -0.118. The van der Waals surface area contributed by atoms with E-state index in [-0.39, 0.29) is 29.5 Å². The van der Waals surface area contributed by atoms with Crippen LogP contribution in [-0.2, 0) is 16.1 Å². The molecule has 3 N–H and O–H groups in total. The molecule has 0 radical (unpaired) electrons. The summed E-state index contributed by atoms with van der Waals surface area (Å²) in [6, 6.07) is 23.6. The lowest BCUT2D eigenvalue weighted by atomic mass is 9.84. The Hall–Kier alpha value is -4.27. The molecule has 1 aliphatic heterocycles. The molecule has 0 aliphatic carbocycles. The molecule has 1 amide bonds. The molecule has 5 rings (SSSR count). The first-order valence-electron chi connectivity index (χ1n) is 12.6. The second kappa shape index (κ2) is 11.0. The van der Waals surface area contributed by atoms with Crippen LogP contribution in [0.25, 0.3) is 16.5 Å². The number of primary amides is 1. The highest BCUT2D eigenvalue weighted by atomic mass is 16.5. The number of rotatable bonds is 8. The Morgan fingerprint density at radius 2 is 1.58 bits per heavy atom. The van der Waals surface area contributed by atoms with E-state index in [0.717, 1.165) is 5.56 Å². The molecule has 194 valence electrons. The van der Waals surface area contributed by atoms with Crippen molar-refractivity contribution in [2.45, 2.75) is 18.9 Å². The van der Waals surface area contributed by atoms with Gasteiger partial charge in [0.05, 0.1) is 24.5 Å². The van der Waals surface area contributed by atoms with Crippen molar-refractivity contribution >= 4 is 22.6 Å². The molecule has 0 bridgehead atoms. The Morgan fingerprint density at radius 1 is 0.921 bits per heavy atom. The van der Waals surface area contributed by atoms with Crippen molar-refractivity contribution < 1.29 is 19.4 Å². The van der Waals surface area contributed by atoms with Crippen molar-refractivity contribution in [3.05, 3.63) is 112 Å². The summed E-state index contributed by atoms with van der Waals surface area (Å²) in [5.41, 5.74) is 7.78. The molecule has 8 nitrogen and oxygen atoms in total. The van der Waals surface area contributed by atoms with E-state index >= 15 is 0 Å². The van der Waals surface area contributed by atoms with Crippen LogP contribution in [0, 0.1) is 0 Å². The standard InChI is InChI=1S/C30H29N3O5/c31-26(34)18-24(20-8-3-1-4-9-20)22-12-7-13-23-27(22)28(30(36)37)25(19-32-14-16-38-17-15-32)33(29(23)35)21-10-5-2-6-11-21/h1-13,24H,14-19H2,(H2,31,34)(H,36,37)/t24-/m0/s1. The fourth-order valence-corrected chi connectivity index (χ4v) is 5.31. The highest BCUT2D eigenvalue weighted by Crippen LogP contribution is 2.36. The first-order chi connectivity index (χ1) is 18.5. The predicted octanol–water partition coefficient (Wildman–Crippen LogP) is 3.53. The number of aromatic carboxylic acids is 1. The van der Waals surface area contributed by atoms with Gasteiger partial charge in [0.15, 0.2) is 0 Å². The van der Waals surface area contributed by atoms with E-state index in [2.05, 4.69) is 4.90 Å². The summed E-state index contributed by atoms with van der Waals surface area (Å²) in [7, 11) is 0. The molecule has 4 aromatic rings. The number of nitrogens with zero attached hydrogens (tertiary/aromatic N) is 2. The molecule has 2 heterocycles. The summed E-state index contributed by atoms with van der Waals surface area (Å²) in [5.74, 6) is -2.17. The van der Waals surface area contributed by atoms with Crippen molar-refractivity contribution in [1.82, 2.24) is 9.47 Å². The van der Waals surface area contributed by atoms with Gasteiger partial charge in [-0.15, -0.1) is 0 Å². The monoisotopic (exact) mass is 511 g/mol. The Kier molecular flexibility index (Phi) is 7.35. The highest BCUT2D eigenvalue weighted by Gasteiger charge is 2.29. The van der Waals surface area contributed by atoms with Gasteiger partial charge in [-0.05, 0) is 29.3 Å². The van der Waals surface area contributed by atoms with E-state index in [0.29, 0.717) is 48.6 Å². The summed E-state index contributed by atoms with van der Waals surface area (Å²) in [5, 5.41) is 11.3. The van der Waals surface area contributed by atoms with Gasteiger partial charge in [-0.25, -0.2) is 4.79 Å². The number of pyridine rings is 1. The van der Waals surface area contributed by atoms with E-state index in [9.17, 15) is 19.5 Å². The minimum Gasteiger partial charge on any atom is -0.478 e. The quantitative estimate of drug-likeness (QED) is 0.374. The number of fused-ring (bicyclic) bond motifs is 1. The normalized spacial score (nSPS) is 14.8. The molecule has 8 heteroatoms. The molecule has 0 unspecified atom stereocenters. The summed E-state index contributed by atoms with van der Waals surface area (Å²) < 4.78 is 7.00. The Balaban J connectivity index is 1.86. The second-order valence-electron chi connectivity index (χ2n) is 9.39. The third kappa shape index (κ3) is 4.96. The number of carbonyl (C=O) groups is 2. The van der Waals surface area contributed by atoms with Crippen molar-refractivity contribution in [3.63, 3.8) is 0 Å². The zero-order chi connectivity index (χ0) is 26.6. The van der Waals surface area contributed by atoms with Crippen LogP contribution in [-0.4, -0.2) is 52.8 Å². The molecule has 1 aromatic heterocycles. The predicted molar refractivity (Wildman–Crippen MR) is 145 cm³/mol. The van der Waals surface area contributed by atoms with Gasteiger partial charge in [0, 0.05) is 48.4 Å². The smallest absolute Gasteiger partial charge is 0.338 e. The van der Waals surface area contributed by atoms with Gasteiger partial charge < -0.3 is 15.6 Å². The maximum atomic E-state index is 14.1. The lowest BCUT2D eigenvalue weighted by Gasteiger charge is -2.29. The molecule has 1 fully saturated rings. The third-order valence-corrected chi connectivity index (χ3v) is 7.03. The van der Waals surface area contributed by atoms with Gasteiger partial charge in [-0.1, -0.05) is 60.7 Å². The average Bonchev–Trinajstić information content (AvgIpc) is 2.93. The Labute approximate surface area is 219 Å². The number of ether oxygens (including phenoxy) is 1. The fourth-order valence-electron chi connectivity index (χ4n) is 5.31. The van der Waals surface area contributed by atoms with Gasteiger partial charge in [0.25, 0.3) is 5.56 Å². The van der Waals surface area contributed by atoms with Crippen molar-refractivity contribution in [1.29, 1.82) is 0 Å². The number of amides is 1. The third-order valence-electron chi connectivity index (χ3n) is 7.03. The van der Waals surface area contributed by atoms with E-state index in [1.165, 1.54) is 4.57 Å². The topological polar surface area (TPSA) is 115 Å². The first-order valence-corrected chi connectivity index (χ1v) is 12.6. The zero-order valence-electron chi connectivity index (χ0n) is 20.9. The number of morpholine rings is 1. The Morgan fingerprint density at radius 3 is 2.21 bits per heavy atom. The molecular formula is C30H29N3O5. The molecule has 38 heavy (non-hydrogen) atoms. The van der Waals surface area contributed by atoms with Gasteiger partial charge in [0.1, 0.15) is 0 Å². The number of para-hydroxylation sites is 1. The van der Waals surface area contributed by atoms with Crippen molar-refractivity contribution in [2.75, 3.05) is 26.3 Å². The summed E-state index contributed by atoms with van der Waals surface area (Å²) >= 11 is 0. The van der Waals surface area contributed by atoms with Crippen LogP contribution in [0.15, 0.2) is 83.7 Å². The van der Waals surface area contributed by atoms with Crippen molar-refractivity contribution in [3.8, 4) is 5.69 Å². The molecular weight excluding hydrogens is 482 g/mol. The van der Waals surface area contributed by atoms with Crippen LogP contribution < -0.4 is 11.3 Å². The van der Waals surface area contributed by atoms with E-state index in [4.69, 9.17) is 10.5 Å². The number of aromatic nitrogens is 1. The second-order valence-corrected chi connectivity index (χ2v) is 9.39. The van der Waals surface area contributed by atoms with Gasteiger partial charge in [0.2, 0.25) is 5.91 Å². The summed E-state index contributed by atoms with van der Waals surface area (Å²) in [6.45, 7) is 2.56. The summed E-state index contributed by atoms with van der Waals surface area (Å²) in [6.07, 6.45) is -0.0250. The number of carboxylic acid groups (broad SMARTS) is 1. The first kappa shape index (κ1) is 25.4. The van der Waals surface area contributed by atoms with Gasteiger partial charge in [-0.3, -0.25) is 19.1 Å². The van der Waals surface area contributed by atoms with Crippen LogP contribution in [0.2, 0.25) is 0 Å². The number of nitrogens with two attached hydrogens (primary N) is 1. The lowest BCUT2D eigenvalue weighted by Crippen LogP contribution is -2.38. The van der Waals surface area contributed by atoms with Crippen LogP contribution in [0.3, 0.4) is 0 Å². The minimum atomic E-state index is -1.14. The van der Waals surface area contributed by atoms with Crippen LogP contribution in [0.1, 0.15) is 39.5 Å². The Bertz CT molecular complexity index is 1530. The van der Waals surface area contributed by atoms with E-state index < -0.39 is 17.8 Å². The molecule has 3 aromatic carbocycles. The maximum absolute atomic E-state index is 14.1. The molecule has 0 saturated carbocycles. The van der Waals surface area contributed by atoms with E-state index in [1.54, 1.807) is 30.3 Å². The number of carbonyl (C=O) groups excluding carboxylic acids is 1. The number of hydrogen-bond donors (Lipinski definition) is 2. The number of hydrogen-bond acceptors (Lipinski definition) is 5. The molecule has 0 spiro atoms. The molecule has 1 aliphatic rings. The van der Waals surface area contributed by atoms with Gasteiger partial charge >= 0.3 is 5.97 Å². The fraction of sp³-hybridized carbons (Fsp3) is 0.233. The maximum Gasteiger partial charge on any atom is 0.338 e. The zero-order valence-corrected chi connectivity index (χ0v) is 20.9. The molecule has 1 saturated heterocycles. The SMILES string of the molecule is NC(=O)C[C@@H](c1ccccc1)c1cccc2c(=O)n(-c3ccccc3)c(CN3CCOCC3)c(C(=O)O)c12. The molecule has 1 atom stereocenters.